The molecular formula is C14H24N2O5. The molecule has 0 spiro atoms. The first-order chi connectivity index (χ1) is 9.63. The third kappa shape index (κ3) is 5.34. The number of hydrogen-bond donors (Lipinski definition) is 2. The number of amides is 1. The molecule has 0 aromatic carbocycles. The van der Waals surface area contributed by atoms with Crippen molar-refractivity contribution in [2.75, 3.05) is 26.7 Å². The van der Waals surface area contributed by atoms with Gasteiger partial charge in [-0.1, -0.05) is 20.8 Å². The summed E-state index contributed by atoms with van der Waals surface area (Å²) in [6.45, 7) is 6.15. The molecular weight excluding hydrogens is 276 g/mol. The van der Waals surface area contributed by atoms with E-state index >= 15 is 0 Å². The van der Waals surface area contributed by atoms with Crippen molar-refractivity contribution >= 4 is 17.8 Å². The predicted molar refractivity (Wildman–Crippen MR) is 75.6 cm³/mol. The van der Waals surface area contributed by atoms with Gasteiger partial charge < -0.3 is 15.2 Å². The molecule has 0 aromatic heterocycles. The molecule has 2 unspecified atom stereocenters. The summed E-state index contributed by atoms with van der Waals surface area (Å²) in [4.78, 5) is 36.3. The van der Waals surface area contributed by atoms with E-state index in [9.17, 15) is 19.5 Å². The van der Waals surface area contributed by atoms with E-state index in [1.54, 1.807) is 25.7 Å². The van der Waals surface area contributed by atoms with Gasteiger partial charge in [0.05, 0.1) is 19.6 Å². The van der Waals surface area contributed by atoms with E-state index in [4.69, 9.17) is 0 Å². The Morgan fingerprint density at radius 2 is 1.90 bits per heavy atom. The number of carbonyl (C=O) groups is 3. The van der Waals surface area contributed by atoms with E-state index in [-0.39, 0.29) is 25.0 Å². The Labute approximate surface area is 124 Å². The number of likely N-dealkylation sites (tertiary alicyclic amines) is 1. The van der Waals surface area contributed by atoms with Crippen LogP contribution in [0.1, 0.15) is 27.2 Å². The summed E-state index contributed by atoms with van der Waals surface area (Å²) >= 11 is 0. The molecule has 1 aliphatic rings. The van der Waals surface area contributed by atoms with Crippen molar-refractivity contribution in [1.29, 1.82) is 0 Å². The molecule has 21 heavy (non-hydrogen) atoms. The van der Waals surface area contributed by atoms with Crippen molar-refractivity contribution in [2.24, 2.45) is 11.3 Å². The van der Waals surface area contributed by atoms with Crippen LogP contribution < -0.4 is 5.32 Å². The maximum absolute atomic E-state index is 12.0. The number of nitrogens with zero attached hydrogens (tertiary/aromatic N) is 1. The highest BCUT2D eigenvalue weighted by atomic mass is 16.5. The number of piperidine rings is 1. The first kappa shape index (κ1) is 17.4. The fourth-order valence-corrected chi connectivity index (χ4v) is 2.25. The summed E-state index contributed by atoms with van der Waals surface area (Å²) < 4.78 is 4.60. The Morgan fingerprint density at radius 1 is 1.29 bits per heavy atom. The van der Waals surface area contributed by atoms with Gasteiger partial charge in [-0.05, 0) is 6.42 Å². The van der Waals surface area contributed by atoms with Crippen molar-refractivity contribution in [3.8, 4) is 0 Å². The van der Waals surface area contributed by atoms with Gasteiger partial charge >= 0.3 is 11.9 Å². The zero-order valence-corrected chi connectivity index (χ0v) is 13.0. The Morgan fingerprint density at radius 3 is 2.38 bits per heavy atom. The number of methoxy groups -OCH3 is 1. The minimum Gasteiger partial charge on any atom is -0.481 e. The van der Waals surface area contributed by atoms with Crippen LogP contribution in [0, 0.1) is 11.3 Å². The smallest absolute Gasteiger partial charge is 0.319 e. The highest BCUT2D eigenvalue weighted by Crippen LogP contribution is 2.20. The van der Waals surface area contributed by atoms with E-state index < -0.39 is 23.3 Å². The minimum atomic E-state index is -0.917. The van der Waals surface area contributed by atoms with E-state index in [1.165, 1.54) is 7.11 Å². The van der Waals surface area contributed by atoms with Crippen molar-refractivity contribution in [2.45, 2.75) is 33.2 Å². The van der Waals surface area contributed by atoms with Crippen molar-refractivity contribution in [3.05, 3.63) is 0 Å². The largest absolute Gasteiger partial charge is 0.481 e. The van der Waals surface area contributed by atoms with Gasteiger partial charge in [0.25, 0.3) is 0 Å². The molecule has 0 aromatic rings. The van der Waals surface area contributed by atoms with Gasteiger partial charge in [-0.25, -0.2) is 0 Å². The Bertz CT molecular complexity index is 416. The van der Waals surface area contributed by atoms with Crippen LogP contribution >= 0.6 is 0 Å². The molecule has 1 rings (SSSR count). The Hall–Kier alpha value is -1.63. The third-order valence-electron chi connectivity index (χ3n) is 3.47. The number of carboxylic acid groups (broad SMARTS) is 1. The molecule has 120 valence electrons. The lowest BCUT2D eigenvalue weighted by molar-refractivity contribution is -0.148. The highest BCUT2D eigenvalue weighted by Gasteiger charge is 2.34. The van der Waals surface area contributed by atoms with Crippen LogP contribution in [0.25, 0.3) is 0 Å². The van der Waals surface area contributed by atoms with Gasteiger partial charge in [-0.2, -0.15) is 0 Å². The first-order valence-corrected chi connectivity index (χ1v) is 6.96. The Balaban J connectivity index is 2.72. The van der Waals surface area contributed by atoms with Gasteiger partial charge in [0.2, 0.25) is 5.91 Å². The molecule has 1 fully saturated rings. The molecule has 0 saturated carbocycles. The van der Waals surface area contributed by atoms with E-state index in [2.05, 4.69) is 10.1 Å². The van der Waals surface area contributed by atoms with E-state index in [0.29, 0.717) is 13.0 Å². The Kier molecular flexibility index (Phi) is 5.71. The topological polar surface area (TPSA) is 95.9 Å². The summed E-state index contributed by atoms with van der Waals surface area (Å²) in [5, 5.41) is 12.1. The predicted octanol–water partition coefficient (Wildman–Crippen LogP) is 0.0968. The number of ether oxygens (including phenoxy) is 1. The van der Waals surface area contributed by atoms with Crippen LogP contribution in [-0.4, -0.2) is 60.6 Å². The number of carboxylic acids is 1. The lowest BCUT2D eigenvalue weighted by atomic mass is 9.91. The summed E-state index contributed by atoms with van der Waals surface area (Å²) in [6, 6.07) is -0.281. The molecule has 1 amide bonds. The molecule has 1 heterocycles. The number of aliphatic carboxylic acids is 1. The molecule has 1 aliphatic heterocycles. The zero-order valence-electron chi connectivity index (χ0n) is 13.0. The van der Waals surface area contributed by atoms with Gasteiger partial charge in [0, 0.05) is 24.5 Å². The molecule has 7 heteroatoms. The summed E-state index contributed by atoms with van der Waals surface area (Å²) in [7, 11) is 1.29. The average Bonchev–Trinajstić information content (AvgIpc) is 2.37. The number of nitrogens with one attached hydrogen (secondary N) is 1. The van der Waals surface area contributed by atoms with Crippen LogP contribution in [0.2, 0.25) is 0 Å². The maximum atomic E-state index is 12.0. The quantitative estimate of drug-likeness (QED) is 0.715. The van der Waals surface area contributed by atoms with Gasteiger partial charge in [0.1, 0.15) is 0 Å². The molecule has 0 aliphatic carbocycles. The summed E-state index contributed by atoms with van der Waals surface area (Å²) in [5.41, 5.74) is -0.538. The van der Waals surface area contributed by atoms with Crippen molar-refractivity contribution in [1.82, 2.24) is 10.2 Å². The average molecular weight is 300 g/mol. The normalized spacial score (nSPS) is 23.4. The van der Waals surface area contributed by atoms with Crippen LogP contribution in [0.4, 0.5) is 0 Å². The first-order valence-electron chi connectivity index (χ1n) is 6.96. The SMILES string of the molecule is COC(=O)CN1CC(NC(=O)C(C)(C)C)CC(C(=O)O)C1. The molecule has 0 radical (unpaired) electrons. The second-order valence-corrected chi connectivity index (χ2v) is 6.46. The van der Waals surface area contributed by atoms with E-state index in [1.807, 2.05) is 0 Å². The molecule has 2 N–H and O–H groups in total. The van der Waals surface area contributed by atoms with Crippen LogP contribution in [-0.2, 0) is 19.1 Å². The summed E-state index contributed by atoms with van der Waals surface area (Å²) in [6.07, 6.45) is 0.370. The number of carbonyl (C=O) groups excluding carboxylic acids is 2. The number of esters is 1. The van der Waals surface area contributed by atoms with Crippen molar-refractivity contribution < 1.29 is 24.2 Å². The monoisotopic (exact) mass is 300 g/mol. The third-order valence-corrected chi connectivity index (χ3v) is 3.47. The molecule has 0 bridgehead atoms. The lowest BCUT2D eigenvalue weighted by Crippen LogP contribution is -2.55. The highest BCUT2D eigenvalue weighted by molar-refractivity contribution is 5.81. The van der Waals surface area contributed by atoms with Crippen LogP contribution in [0.3, 0.4) is 0 Å². The van der Waals surface area contributed by atoms with Crippen LogP contribution in [0.15, 0.2) is 0 Å². The number of hydrogen-bond acceptors (Lipinski definition) is 5. The fraction of sp³-hybridized carbons (Fsp3) is 0.786. The lowest BCUT2D eigenvalue weighted by Gasteiger charge is -2.36. The standard InChI is InChI=1S/C14H24N2O5/c1-14(2,3)13(20)15-10-5-9(12(18)19)6-16(7-10)8-11(17)21-4/h9-10H,5-8H2,1-4H3,(H,15,20)(H,18,19). The van der Waals surface area contributed by atoms with Gasteiger partial charge in [-0.15, -0.1) is 0 Å². The summed E-state index contributed by atoms with van der Waals surface area (Å²) in [5.74, 6) is -2.06. The van der Waals surface area contributed by atoms with Gasteiger partial charge in [0.15, 0.2) is 0 Å². The fourth-order valence-electron chi connectivity index (χ4n) is 2.25. The molecule has 1 saturated heterocycles. The van der Waals surface area contributed by atoms with Gasteiger partial charge in [-0.3, -0.25) is 19.3 Å². The molecule has 2 atom stereocenters. The minimum absolute atomic E-state index is 0.0299. The molecule has 7 nitrogen and oxygen atoms in total. The van der Waals surface area contributed by atoms with Crippen LogP contribution in [0.5, 0.6) is 0 Å². The maximum Gasteiger partial charge on any atom is 0.319 e. The number of rotatable bonds is 4. The van der Waals surface area contributed by atoms with Crippen molar-refractivity contribution in [3.63, 3.8) is 0 Å². The zero-order chi connectivity index (χ0) is 16.2. The second kappa shape index (κ2) is 6.89. The van der Waals surface area contributed by atoms with E-state index in [0.717, 1.165) is 0 Å². The second-order valence-electron chi connectivity index (χ2n) is 6.46.